The summed E-state index contributed by atoms with van der Waals surface area (Å²) in [5.41, 5.74) is 7.77. The molecule has 0 saturated carbocycles. The van der Waals surface area contributed by atoms with Crippen molar-refractivity contribution in [2.45, 2.75) is 19.3 Å². The number of nitrogens with two attached hydrogens (primary N) is 1. The lowest BCUT2D eigenvalue weighted by Gasteiger charge is -2.11. The zero-order chi connectivity index (χ0) is 24.5. The predicted octanol–water partition coefficient (Wildman–Crippen LogP) is 4.50. The van der Waals surface area contributed by atoms with E-state index in [2.05, 4.69) is 4.74 Å². The number of hydrogen-bond acceptors (Lipinski definition) is 4. The Hall–Kier alpha value is -4.21. The Labute approximate surface area is 191 Å². The number of halogens is 3. The second-order valence-corrected chi connectivity index (χ2v) is 7.49. The van der Waals surface area contributed by atoms with Gasteiger partial charge in [-0.25, -0.2) is 4.79 Å². The van der Waals surface area contributed by atoms with Crippen molar-refractivity contribution < 1.29 is 37.3 Å². The third-order valence-electron chi connectivity index (χ3n) is 5.25. The average Bonchev–Trinajstić information content (AvgIpc) is 3.09. The minimum absolute atomic E-state index is 0.244. The SMILES string of the molecule is NC(=O)c1cccc2c1c1c(OCC(=O)O)cccc1n2CCc1cccc(OC(F)(F)F)c1. The van der Waals surface area contributed by atoms with E-state index in [-0.39, 0.29) is 17.1 Å². The quantitative estimate of drug-likeness (QED) is 0.393. The van der Waals surface area contributed by atoms with Crippen molar-refractivity contribution in [1.82, 2.24) is 4.57 Å². The van der Waals surface area contributed by atoms with Crippen LogP contribution in [0.1, 0.15) is 15.9 Å². The van der Waals surface area contributed by atoms with Crippen molar-refractivity contribution in [2.75, 3.05) is 6.61 Å². The fourth-order valence-corrected chi connectivity index (χ4v) is 4.00. The highest BCUT2D eigenvalue weighted by Gasteiger charge is 2.31. The third-order valence-corrected chi connectivity index (χ3v) is 5.25. The second kappa shape index (κ2) is 8.97. The molecule has 4 aromatic rings. The van der Waals surface area contributed by atoms with Gasteiger partial charge in [0.25, 0.3) is 0 Å². The van der Waals surface area contributed by atoms with Crippen LogP contribution in [0.2, 0.25) is 0 Å². The summed E-state index contributed by atoms with van der Waals surface area (Å²) in [6, 6.07) is 15.8. The van der Waals surface area contributed by atoms with Gasteiger partial charge in [0, 0.05) is 17.5 Å². The van der Waals surface area contributed by atoms with Crippen molar-refractivity contribution in [1.29, 1.82) is 0 Å². The number of hydrogen-bond donors (Lipinski definition) is 2. The molecule has 7 nitrogen and oxygen atoms in total. The first kappa shape index (κ1) is 23.0. The molecule has 0 aliphatic rings. The first-order valence-corrected chi connectivity index (χ1v) is 10.2. The Balaban J connectivity index is 1.79. The summed E-state index contributed by atoms with van der Waals surface area (Å²) in [5.74, 6) is -1.85. The van der Waals surface area contributed by atoms with Gasteiger partial charge in [-0.3, -0.25) is 4.79 Å². The Bertz CT molecular complexity index is 1390. The number of aromatic nitrogens is 1. The molecule has 0 unspecified atom stereocenters. The number of fused-ring (bicyclic) bond motifs is 3. The van der Waals surface area contributed by atoms with Gasteiger partial charge in [0.2, 0.25) is 5.91 Å². The van der Waals surface area contributed by atoms with Gasteiger partial charge in [0.05, 0.1) is 16.4 Å². The van der Waals surface area contributed by atoms with E-state index in [4.69, 9.17) is 15.6 Å². The lowest BCUT2D eigenvalue weighted by atomic mass is 10.1. The number of carbonyl (C=O) groups excluding carboxylic acids is 1. The van der Waals surface area contributed by atoms with Crippen LogP contribution in [-0.2, 0) is 17.8 Å². The molecule has 0 fully saturated rings. The number of ether oxygens (including phenoxy) is 2. The first-order chi connectivity index (χ1) is 16.1. The molecule has 176 valence electrons. The summed E-state index contributed by atoms with van der Waals surface area (Å²) in [4.78, 5) is 23.2. The monoisotopic (exact) mass is 472 g/mol. The molecule has 1 aromatic heterocycles. The summed E-state index contributed by atoms with van der Waals surface area (Å²) < 4.78 is 49.1. The van der Waals surface area contributed by atoms with Gasteiger partial charge in [-0.05, 0) is 48.4 Å². The van der Waals surface area contributed by atoms with Crippen LogP contribution >= 0.6 is 0 Å². The molecule has 34 heavy (non-hydrogen) atoms. The van der Waals surface area contributed by atoms with E-state index < -0.39 is 24.8 Å². The molecular formula is C24H19F3N2O5. The molecule has 1 heterocycles. The number of benzene rings is 3. The Morgan fingerprint density at radius 1 is 0.971 bits per heavy atom. The maximum Gasteiger partial charge on any atom is 0.573 e. The molecular weight excluding hydrogens is 453 g/mol. The molecule has 0 saturated heterocycles. The summed E-state index contributed by atoms with van der Waals surface area (Å²) in [6.07, 6.45) is -4.43. The number of carboxylic acids is 1. The van der Waals surface area contributed by atoms with Gasteiger partial charge in [0.15, 0.2) is 6.61 Å². The van der Waals surface area contributed by atoms with Crippen LogP contribution < -0.4 is 15.2 Å². The van der Waals surface area contributed by atoms with Crippen LogP contribution in [0.3, 0.4) is 0 Å². The molecule has 4 rings (SSSR count). The smallest absolute Gasteiger partial charge is 0.481 e. The minimum atomic E-state index is -4.79. The molecule has 0 spiro atoms. The van der Waals surface area contributed by atoms with Gasteiger partial charge < -0.3 is 24.9 Å². The Kier molecular flexibility index (Phi) is 6.06. The van der Waals surface area contributed by atoms with Crippen molar-refractivity contribution >= 4 is 33.7 Å². The van der Waals surface area contributed by atoms with Crippen molar-refractivity contribution in [2.24, 2.45) is 5.73 Å². The largest absolute Gasteiger partial charge is 0.573 e. The minimum Gasteiger partial charge on any atom is -0.481 e. The van der Waals surface area contributed by atoms with Gasteiger partial charge in [0.1, 0.15) is 11.5 Å². The van der Waals surface area contributed by atoms with Crippen LogP contribution in [0.25, 0.3) is 21.8 Å². The number of amides is 1. The van der Waals surface area contributed by atoms with Gasteiger partial charge in [-0.15, -0.1) is 13.2 Å². The van der Waals surface area contributed by atoms with Gasteiger partial charge in [-0.2, -0.15) is 0 Å². The summed E-state index contributed by atoms with van der Waals surface area (Å²) in [5, 5.41) is 10.1. The molecule has 0 aliphatic heterocycles. The molecule has 3 aromatic carbocycles. The lowest BCUT2D eigenvalue weighted by molar-refractivity contribution is -0.274. The van der Waals surface area contributed by atoms with E-state index in [1.807, 2.05) is 4.57 Å². The van der Waals surface area contributed by atoms with Gasteiger partial charge >= 0.3 is 12.3 Å². The highest BCUT2D eigenvalue weighted by atomic mass is 19.4. The highest BCUT2D eigenvalue weighted by molar-refractivity contribution is 6.19. The van der Waals surface area contributed by atoms with Crippen molar-refractivity contribution in [3.8, 4) is 11.5 Å². The summed E-state index contributed by atoms with van der Waals surface area (Å²) in [7, 11) is 0. The second-order valence-electron chi connectivity index (χ2n) is 7.49. The molecule has 0 radical (unpaired) electrons. The average molecular weight is 472 g/mol. The molecule has 0 atom stereocenters. The van der Waals surface area contributed by atoms with Crippen molar-refractivity contribution in [3.63, 3.8) is 0 Å². The summed E-state index contributed by atoms with van der Waals surface area (Å²) >= 11 is 0. The van der Waals surface area contributed by atoms with Crippen LogP contribution in [0.5, 0.6) is 11.5 Å². The van der Waals surface area contributed by atoms with Crippen LogP contribution in [0.4, 0.5) is 13.2 Å². The maximum absolute atomic E-state index is 12.6. The first-order valence-electron chi connectivity index (χ1n) is 10.2. The number of aliphatic carboxylic acids is 1. The molecule has 10 heteroatoms. The number of primary amides is 1. The number of aryl methyl sites for hydroxylation is 2. The lowest BCUT2D eigenvalue weighted by Crippen LogP contribution is -2.17. The van der Waals surface area contributed by atoms with Crippen molar-refractivity contribution in [3.05, 3.63) is 71.8 Å². The number of carboxylic acid groups (broad SMARTS) is 1. The zero-order valence-corrected chi connectivity index (χ0v) is 17.6. The van der Waals surface area contributed by atoms with E-state index in [0.717, 1.165) is 0 Å². The van der Waals surface area contributed by atoms with E-state index in [9.17, 15) is 22.8 Å². The Morgan fingerprint density at radius 2 is 1.65 bits per heavy atom. The number of carbonyl (C=O) groups is 2. The van der Waals surface area contributed by atoms with E-state index >= 15 is 0 Å². The van der Waals surface area contributed by atoms with E-state index in [1.54, 1.807) is 42.5 Å². The topological polar surface area (TPSA) is 104 Å². The van der Waals surface area contributed by atoms with Gasteiger partial charge in [-0.1, -0.05) is 24.3 Å². The number of rotatable bonds is 8. The maximum atomic E-state index is 12.6. The van der Waals surface area contributed by atoms with Crippen LogP contribution in [0, 0.1) is 0 Å². The highest BCUT2D eigenvalue weighted by Crippen LogP contribution is 2.38. The zero-order valence-electron chi connectivity index (χ0n) is 17.6. The fourth-order valence-electron chi connectivity index (χ4n) is 4.00. The third kappa shape index (κ3) is 4.75. The van der Waals surface area contributed by atoms with E-state index in [1.165, 1.54) is 18.2 Å². The van der Waals surface area contributed by atoms with Crippen LogP contribution in [-0.4, -0.2) is 34.5 Å². The molecule has 1 amide bonds. The Morgan fingerprint density at radius 3 is 2.32 bits per heavy atom. The predicted molar refractivity (Wildman–Crippen MR) is 118 cm³/mol. The van der Waals surface area contributed by atoms with Crippen LogP contribution in [0.15, 0.2) is 60.7 Å². The van der Waals surface area contributed by atoms with E-state index in [0.29, 0.717) is 40.3 Å². The molecule has 3 N–H and O–H groups in total. The summed E-state index contributed by atoms with van der Waals surface area (Å²) in [6.45, 7) is -0.226. The number of alkyl halides is 3. The normalized spacial score (nSPS) is 11.6. The number of nitrogens with zero attached hydrogens (tertiary/aromatic N) is 1. The standard InChI is InChI=1S/C24H19F3N2O5/c25-24(26,27)34-15-5-1-4-14(12-15)10-11-29-17-7-2-6-16(23(28)32)21(17)22-18(29)8-3-9-19(22)33-13-20(30)31/h1-9,12H,10-11,13H2,(H2,28,32)(H,30,31). The fraction of sp³-hybridized carbons (Fsp3) is 0.167. The molecule has 0 bridgehead atoms. The molecule has 0 aliphatic carbocycles.